The summed E-state index contributed by atoms with van der Waals surface area (Å²) < 4.78 is 13.8. The van der Waals surface area contributed by atoms with E-state index in [1.54, 1.807) is 0 Å². The van der Waals surface area contributed by atoms with Crippen molar-refractivity contribution >= 4 is 17.6 Å². The molecule has 0 radical (unpaired) electrons. The molecule has 0 aromatic heterocycles. The maximum absolute atomic E-state index is 13.8. The van der Waals surface area contributed by atoms with E-state index >= 15 is 0 Å². The van der Waals surface area contributed by atoms with Crippen LogP contribution in [0.4, 0.5) is 15.8 Å². The molecule has 0 saturated carbocycles. The van der Waals surface area contributed by atoms with E-state index in [1.165, 1.54) is 12.3 Å². The van der Waals surface area contributed by atoms with Crippen molar-refractivity contribution in [3.63, 3.8) is 0 Å². The third kappa shape index (κ3) is 1.23. The molecule has 3 unspecified atom stereocenters. The van der Waals surface area contributed by atoms with E-state index < -0.39 is 5.82 Å². The van der Waals surface area contributed by atoms with E-state index in [9.17, 15) is 4.39 Å². The van der Waals surface area contributed by atoms with Gasteiger partial charge in [-0.2, -0.15) is 0 Å². The summed E-state index contributed by atoms with van der Waals surface area (Å²) in [6.45, 7) is 0. The number of anilines is 2. The Bertz CT molecular complexity index is 538. The van der Waals surface area contributed by atoms with Crippen LogP contribution >= 0.6 is 0 Å². The molecule has 4 nitrogen and oxygen atoms in total. The average molecular weight is 232 g/mol. The van der Waals surface area contributed by atoms with Crippen LogP contribution in [-0.2, 0) is 0 Å². The number of nitrogens with one attached hydrogen (secondary N) is 2. The zero-order valence-electron chi connectivity index (χ0n) is 9.07. The Balaban J connectivity index is 2.28. The Hall–Kier alpha value is -1.88. The molecule has 3 rings (SSSR count). The highest BCUT2D eigenvalue weighted by molar-refractivity contribution is 5.91. The van der Waals surface area contributed by atoms with Crippen LogP contribution in [0.2, 0.25) is 0 Å². The van der Waals surface area contributed by atoms with E-state index in [4.69, 9.17) is 16.9 Å². The van der Waals surface area contributed by atoms with Crippen LogP contribution in [0.15, 0.2) is 18.2 Å². The molecular weight excluding hydrogens is 219 g/mol. The van der Waals surface area contributed by atoms with Gasteiger partial charge in [0.2, 0.25) is 0 Å². The van der Waals surface area contributed by atoms with Gasteiger partial charge < -0.3 is 22.2 Å². The monoisotopic (exact) mass is 232 g/mol. The van der Waals surface area contributed by atoms with Gasteiger partial charge in [0, 0.05) is 29.3 Å². The van der Waals surface area contributed by atoms with Crippen LogP contribution < -0.4 is 16.8 Å². The zero-order chi connectivity index (χ0) is 12.2. The Morgan fingerprint density at radius 2 is 2.18 bits per heavy atom. The molecule has 1 aliphatic carbocycles. The molecule has 88 valence electrons. The molecule has 1 aliphatic heterocycles. The van der Waals surface area contributed by atoms with E-state index in [-0.39, 0.29) is 18.0 Å². The normalized spacial score (nSPS) is 28.7. The maximum atomic E-state index is 13.8. The number of nitrogen functional groups attached to an aromatic ring is 1. The predicted octanol–water partition coefficient (Wildman–Crippen LogP) is 1.39. The fourth-order valence-electron chi connectivity index (χ4n) is 2.60. The van der Waals surface area contributed by atoms with Gasteiger partial charge in [-0.1, -0.05) is 12.2 Å². The summed E-state index contributed by atoms with van der Waals surface area (Å²) in [5, 5.41) is 10.4. The lowest BCUT2D eigenvalue weighted by Crippen LogP contribution is -2.46. The standard InChI is InChI=1S/C12H13FN4/c13-8-3-9(15)7(4-14)10-5-1-2-6(5)12(16)17-11(8)10/h1-6,12,14,17H,15-16H2. The number of rotatable bonds is 1. The van der Waals surface area contributed by atoms with Gasteiger partial charge in [0.15, 0.2) is 0 Å². The first kappa shape index (κ1) is 10.3. The van der Waals surface area contributed by atoms with Crippen LogP contribution in [-0.4, -0.2) is 12.4 Å². The molecule has 0 amide bonds. The number of hydrogen-bond acceptors (Lipinski definition) is 4. The van der Waals surface area contributed by atoms with Crippen molar-refractivity contribution in [3.8, 4) is 0 Å². The summed E-state index contributed by atoms with van der Waals surface area (Å²) in [5.74, 6) is -0.185. The minimum Gasteiger partial charge on any atom is -0.398 e. The van der Waals surface area contributed by atoms with Gasteiger partial charge in [-0.25, -0.2) is 4.39 Å². The number of nitrogens with two attached hydrogens (primary N) is 2. The lowest BCUT2D eigenvalue weighted by Gasteiger charge is -2.42. The van der Waals surface area contributed by atoms with Crippen LogP contribution in [0.1, 0.15) is 17.0 Å². The van der Waals surface area contributed by atoms with E-state index in [0.29, 0.717) is 16.9 Å². The van der Waals surface area contributed by atoms with Crippen molar-refractivity contribution in [2.75, 3.05) is 11.1 Å². The van der Waals surface area contributed by atoms with Gasteiger partial charge in [0.25, 0.3) is 0 Å². The number of benzene rings is 1. The molecule has 1 heterocycles. The number of fused-ring (bicyclic) bond motifs is 3. The molecule has 3 atom stereocenters. The molecule has 2 aliphatic rings. The quantitative estimate of drug-likeness (QED) is 0.335. The summed E-state index contributed by atoms with van der Waals surface area (Å²) >= 11 is 0. The number of halogens is 1. The van der Waals surface area contributed by atoms with Crippen molar-refractivity contribution in [2.24, 2.45) is 11.7 Å². The van der Waals surface area contributed by atoms with Gasteiger partial charge in [-0.05, 0) is 11.6 Å². The lowest BCUT2D eigenvalue weighted by molar-refractivity contribution is 0.436. The highest BCUT2D eigenvalue weighted by Gasteiger charge is 2.39. The first-order chi connectivity index (χ1) is 8.13. The Labute approximate surface area is 98.0 Å². The highest BCUT2D eigenvalue weighted by Crippen LogP contribution is 2.47. The topological polar surface area (TPSA) is 87.9 Å². The molecule has 5 heteroatoms. The lowest BCUT2D eigenvalue weighted by atomic mass is 9.71. The summed E-state index contributed by atoms with van der Waals surface area (Å²) in [6.07, 6.45) is 4.88. The first-order valence-electron chi connectivity index (χ1n) is 5.46. The number of hydrogen-bond donors (Lipinski definition) is 4. The summed E-state index contributed by atoms with van der Waals surface area (Å²) in [5.41, 5.74) is 13.7. The fourth-order valence-corrected chi connectivity index (χ4v) is 2.60. The van der Waals surface area contributed by atoms with Crippen molar-refractivity contribution < 1.29 is 4.39 Å². The molecular formula is C12H13FN4. The van der Waals surface area contributed by atoms with E-state index in [2.05, 4.69) is 5.32 Å². The first-order valence-corrected chi connectivity index (χ1v) is 5.46. The summed E-state index contributed by atoms with van der Waals surface area (Å²) in [6, 6.07) is 1.24. The van der Waals surface area contributed by atoms with Crippen molar-refractivity contribution in [3.05, 3.63) is 35.2 Å². The van der Waals surface area contributed by atoms with Gasteiger partial charge >= 0.3 is 0 Å². The largest absolute Gasteiger partial charge is 0.398 e. The minimum atomic E-state index is -0.405. The summed E-state index contributed by atoms with van der Waals surface area (Å²) in [4.78, 5) is 0. The van der Waals surface area contributed by atoms with Gasteiger partial charge in [0.1, 0.15) is 5.82 Å². The average Bonchev–Trinajstić information content (AvgIpc) is 2.20. The predicted molar refractivity (Wildman–Crippen MR) is 65.7 cm³/mol. The van der Waals surface area contributed by atoms with E-state index in [0.717, 1.165) is 5.56 Å². The van der Waals surface area contributed by atoms with Gasteiger partial charge in [-0.3, -0.25) is 0 Å². The molecule has 1 aromatic rings. The third-order valence-corrected chi connectivity index (χ3v) is 3.55. The SMILES string of the molecule is N=Cc1c(N)cc(F)c2c1C1C=CC1C(N)N2. The Morgan fingerprint density at radius 1 is 1.41 bits per heavy atom. The highest BCUT2D eigenvalue weighted by atomic mass is 19.1. The molecule has 1 aromatic carbocycles. The second kappa shape index (κ2) is 3.30. The summed E-state index contributed by atoms with van der Waals surface area (Å²) in [7, 11) is 0. The Morgan fingerprint density at radius 3 is 2.76 bits per heavy atom. The van der Waals surface area contributed by atoms with Gasteiger partial charge in [0.05, 0.1) is 11.9 Å². The van der Waals surface area contributed by atoms with Crippen LogP contribution in [0.25, 0.3) is 0 Å². The minimum absolute atomic E-state index is 0.0656. The second-order valence-corrected chi connectivity index (χ2v) is 4.45. The maximum Gasteiger partial charge on any atom is 0.148 e. The van der Waals surface area contributed by atoms with Crippen LogP contribution in [0, 0.1) is 17.1 Å². The molecule has 0 fully saturated rings. The Kier molecular flexibility index (Phi) is 2.00. The van der Waals surface area contributed by atoms with Crippen molar-refractivity contribution in [1.29, 1.82) is 5.41 Å². The molecule has 0 saturated heterocycles. The van der Waals surface area contributed by atoms with Crippen molar-refractivity contribution in [2.45, 2.75) is 12.1 Å². The van der Waals surface area contributed by atoms with Gasteiger partial charge in [-0.15, -0.1) is 0 Å². The molecule has 17 heavy (non-hydrogen) atoms. The van der Waals surface area contributed by atoms with Crippen LogP contribution in [0.3, 0.4) is 0 Å². The molecule has 6 N–H and O–H groups in total. The number of allylic oxidation sites excluding steroid dienone is 1. The fraction of sp³-hybridized carbons (Fsp3) is 0.250. The van der Waals surface area contributed by atoms with E-state index in [1.807, 2.05) is 12.2 Å². The third-order valence-electron chi connectivity index (χ3n) is 3.55. The second-order valence-electron chi connectivity index (χ2n) is 4.45. The smallest absolute Gasteiger partial charge is 0.148 e. The molecule has 0 spiro atoms. The van der Waals surface area contributed by atoms with Crippen molar-refractivity contribution in [1.82, 2.24) is 0 Å². The van der Waals surface area contributed by atoms with Crippen LogP contribution in [0.5, 0.6) is 0 Å². The molecule has 0 bridgehead atoms. The zero-order valence-corrected chi connectivity index (χ0v) is 9.07.